The predicted octanol–water partition coefficient (Wildman–Crippen LogP) is 3.43. The number of hydrogen-bond acceptors (Lipinski definition) is 3. The third kappa shape index (κ3) is 2.95. The fourth-order valence-corrected chi connectivity index (χ4v) is 3.89. The van der Waals surface area contributed by atoms with Crippen molar-refractivity contribution >= 4 is 11.3 Å². The van der Waals surface area contributed by atoms with E-state index < -0.39 is 0 Å². The molecule has 3 heteroatoms. The van der Waals surface area contributed by atoms with Crippen molar-refractivity contribution in [3.05, 3.63) is 21.9 Å². The molecule has 0 bridgehead atoms. The topological polar surface area (TPSA) is 29.3 Å². The predicted molar refractivity (Wildman–Crippen MR) is 80.1 cm³/mol. The van der Waals surface area contributed by atoms with E-state index in [1.54, 1.807) is 0 Å². The van der Waals surface area contributed by atoms with E-state index in [0.29, 0.717) is 18.0 Å². The number of nitrogens with zero attached hydrogens (tertiary/aromatic N) is 1. The van der Waals surface area contributed by atoms with Gasteiger partial charge in [-0.05, 0) is 37.8 Å². The smallest absolute Gasteiger partial charge is 0.0413 e. The van der Waals surface area contributed by atoms with E-state index in [4.69, 9.17) is 5.73 Å². The number of aryl methyl sites for hydroxylation is 1. The summed E-state index contributed by atoms with van der Waals surface area (Å²) < 4.78 is 0. The van der Waals surface area contributed by atoms with Gasteiger partial charge in [-0.25, -0.2) is 0 Å². The summed E-state index contributed by atoms with van der Waals surface area (Å²) in [6.07, 6.45) is 3.50. The Bertz CT molecular complexity index is 374. The summed E-state index contributed by atoms with van der Waals surface area (Å²) in [5.41, 5.74) is 6.19. The fraction of sp³-hybridized carbons (Fsp3) is 0.733. The molecule has 1 aromatic rings. The second-order valence-corrected chi connectivity index (χ2v) is 6.65. The minimum Gasteiger partial charge on any atom is -0.327 e. The van der Waals surface area contributed by atoms with Crippen molar-refractivity contribution in [1.82, 2.24) is 4.90 Å². The van der Waals surface area contributed by atoms with Crippen molar-refractivity contribution < 1.29 is 0 Å². The molecule has 2 N–H and O–H groups in total. The highest BCUT2D eigenvalue weighted by Crippen LogP contribution is 2.31. The zero-order valence-corrected chi connectivity index (χ0v) is 12.7. The van der Waals surface area contributed by atoms with Crippen molar-refractivity contribution in [3.8, 4) is 0 Å². The molecule has 0 saturated carbocycles. The molecule has 3 unspecified atom stereocenters. The molecule has 0 aliphatic carbocycles. The van der Waals surface area contributed by atoms with Gasteiger partial charge in [0.1, 0.15) is 0 Å². The van der Waals surface area contributed by atoms with E-state index in [-0.39, 0.29) is 0 Å². The minimum absolute atomic E-state index is 0.410. The molecule has 2 nitrogen and oxygen atoms in total. The van der Waals surface area contributed by atoms with Crippen LogP contribution >= 0.6 is 11.3 Å². The van der Waals surface area contributed by atoms with Gasteiger partial charge in [0.2, 0.25) is 0 Å². The molecule has 102 valence electrons. The van der Waals surface area contributed by atoms with Gasteiger partial charge >= 0.3 is 0 Å². The van der Waals surface area contributed by atoms with Gasteiger partial charge in [0.05, 0.1) is 0 Å². The van der Waals surface area contributed by atoms with Crippen LogP contribution < -0.4 is 5.73 Å². The highest BCUT2D eigenvalue weighted by atomic mass is 32.1. The van der Waals surface area contributed by atoms with Crippen molar-refractivity contribution in [3.63, 3.8) is 0 Å². The Labute approximate surface area is 115 Å². The van der Waals surface area contributed by atoms with Gasteiger partial charge in [-0.15, -0.1) is 11.3 Å². The highest BCUT2D eigenvalue weighted by Gasteiger charge is 2.28. The number of piperidine rings is 1. The van der Waals surface area contributed by atoms with Crippen molar-refractivity contribution in [2.45, 2.75) is 52.1 Å². The van der Waals surface area contributed by atoms with Gasteiger partial charge in [0.25, 0.3) is 0 Å². The van der Waals surface area contributed by atoms with E-state index in [9.17, 15) is 0 Å². The van der Waals surface area contributed by atoms with Crippen LogP contribution in [-0.2, 0) is 6.42 Å². The Morgan fingerprint density at radius 2 is 2.22 bits per heavy atom. The summed E-state index contributed by atoms with van der Waals surface area (Å²) in [6, 6.07) is 5.55. The second-order valence-electron chi connectivity index (χ2n) is 5.45. The van der Waals surface area contributed by atoms with Crippen molar-refractivity contribution in [2.24, 2.45) is 11.7 Å². The Hall–Kier alpha value is -0.380. The van der Waals surface area contributed by atoms with Crippen LogP contribution in [0.25, 0.3) is 0 Å². The molecule has 18 heavy (non-hydrogen) atoms. The quantitative estimate of drug-likeness (QED) is 0.904. The number of hydrogen-bond donors (Lipinski definition) is 1. The summed E-state index contributed by atoms with van der Waals surface area (Å²) >= 11 is 1.97. The molecule has 0 amide bonds. The first-order valence-electron chi connectivity index (χ1n) is 7.23. The number of nitrogens with two attached hydrogens (primary N) is 1. The average Bonchev–Trinajstić information content (AvgIpc) is 2.87. The Kier molecular flexibility index (Phi) is 4.82. The summed E-state index contributed by atoms with van der Waals surface area (Å²) in [7, 11) is 0. The fourth-order valence-electron chi connectivity index (χ4n) is 2.85. The van der Waals surface area contributed by atoms with E-state index >= 15 is 0 Å². The zero-order valence-electron chi connectivity index (χ0n) is 11.9. The molecule has 0 aromatic carbocycles. The van der Waals surface area contributed by atoms with Crippen LogP contribution in [0.5, 0.6) is 0 Å². The Balaban J connectivity index is 2.02. The molecular formula is C15H26N2S. The van der Waals surface area contributed by atoms with Gasteiger partial charge in [-0.2, -0.15) is 0 Å². The molecule has 1 aromatic heterocycles. The highest BCUT2D eigenvalue weighted by molar-refractivity contribution is 7.12. The van der Waals surface area contributed by atoms with Crippen LogP contribution in [-0.4, -0.2) is 24.0 Å². The largest absolute Gasteiger partial charge is 0.327 e. The number of likely N-dealkylation sites (tertiary alicyclic amines) is 1. The van der Waals surface area contributed by atoms with Crippen LogP contribution in [0.2, 0.25) is 0 Å². The maximum absolute atomic E-state index is 6.19. The minimum atomic E-state index is 0.410. The van der Waals surface area contributed by atoms with Gasteiger partial charge in [-0.1, -0.05) is 20.3 Å². The van der Waals surface area contributed by atoms with Crippen molar-refractivity contribution in [1.29, 1.82) is 0 Å². The standard InChI is InChI=1S/C15H26N2S/c1-4-12-10-17(9-8-14(12)16)11(3)15-7-6-13(5-2)18-15/h6-7,11-12,14H,4-5,8-10,16H2,1-3H3. The van der Waals surface area contributed by atoms with Crippen LogP contribution in [0.3, 0.4) is 0 Å². The van der Waals surface area contributed by atoms with E-state index in [2.05, 4.69) is 37.8 Å². The van der Waals surface area contributed by atoms with Crippen LogP contribution in [0.1, 0.15) is 49.4 Å². The molecule has 2 rings (SSSR count). The molecule has 2 heterocycles. The maximum Gasteiger partial charge on any atom is 0.0413 e. The Morgan fingerprint density at radius 1 is 1.44 bits per heavy atom. The van der Waals surface area contributed by atoms with E-state index in [0.717, 1.165) is 25.9 Å². The van der Waals surface area contributed by atoms with Gasteiger partial charge in [0.15, 0.2) is 0 Å². The van der Waals surface area contributed by atoms with Crippen LogP contribution in [0.4, 0.5) is 0 Å². The molecular weight excluding hydrogens is 240 g/mol. The lowest BCUT2D eigenvalue weighted by atomic mass is 9.90. The zero-order chi connectivity index (χ0) is 13.1. The number of rotatable bonds is 4. The summed E-state index contributed by atoms with van der Waals surface area (Å²) in [4.78, 5) is 5.62. The van der Waals surface area contributed by atoms with Crippen LogP contribution in [0.15, 0.2) is 12.1 Å². The van der Waals surface area contributed by atoms with Gasteiger partial charge in [0, 0.05) is 34.9 Å². The van der Waals surface area contributed by atoms with E-state index in [1.165, 1.54) is 16.2 Å². The SMILES string of the molecule is CCc1ccc(C(C)N2CCC(N)C(CC)C2)s1. The maximum atomic E-state index is 6.19. The lowest BCUT2D eigenvalue weighted by Crippen LogP contribution is -2.47. The molecule has 0 spiro atoms. The number of thiophene rings is 1. The molecule has 1 saturated heterocycles. The van der Waals surface area contributed by atoms with Crippen molar-refractivity contribution in [2.75, 3.05) is 13.1 Å². The summed E-state index contributed by atoms with van der Waals surface area (Å²) in [6.45, 7) is 9.15. The van der Waals surface area contributed by atoms with E-state index in [1.807, 2.05) is 11.3 Å². The van der Waals surface area contributed by atoms with Gasteiger partial charge < -0.3 is 5.73 Å². The van der Waals surface area contributed by atoms with Gasteiger partial charge in [-0.3, -0.25) is 4.90 Å². The first-order chi connectivity index (χ1) is 8.65. The first-order valence-corrected chi connectivity index (χ1v) is 8.05. The lowest BCUT2D eigenvalue weighted by molar-refractivity contribution is 0.116. The molecule has 1 aliphatic rings. The normalized spacial score (nSPS) is 27.3. The third-order valence-corrected chi connectivity index (χ3v) is 5.74. The molecule has 1 fully saturated rings. The molecule has 3 atom stereocenters. The summed E-state index contributed by atoms with van der Waals surface area (Å²) in [5.74, 6) is 0.673. The lowest BCUT2D eigenvalue weighted by Gasteiger charge is -2.39. The second kappa shape index (κ2) is 6.18. The summed E-state index contributed by atoms with van der Waals surface area (Å²) in [5, 5.41) is 0. The molecule has 0 radical (unpaired) electrons. The van der Waals surface area contributed by atoms with Crippen LogP contribution in [0, 0.1) is 5.92 Å². The first kappa shape index (κ1) is 14.0. The third-order valence-electron chi connectivity index (χ3n) is 4.34. The molecule has 1 aliphatic heterocycles. The average molecular weight is 266 g/mol. The Morgan fingerprint density at radius 3 is 2.83 bits per heavy atom. The monoisotopic (exact) mass is 266 g/mol.